The van der Waals surface area contributed by atoms with Crippen LogP contribution in [0.3, 0.4) is 0 Å². The Hall–Kier alpha value is -1.47. The summed E-state index contributed by atoms with van der Waals surface area (Å²) in [6.07, 6.45) is 0. The number of benzene rings is 1. The van der Waals surface area contributed by atoms with Crippen LogP contribution < -0.4 is 4.72 Å². The molecular weight excluding hydrogens is 249 g/mol. The van der Waals surface area contributed by atoms with Crippen molar-refractivity contribution in [3.8, 4) is 0 Å². The van der Waals surface area contributed by atoms with E-state index in [1.807, 2.05) is 4.72 Å². The van der Waals surface area contributed by atoms with E-state index in [9.17, 15) is 17.6 Å². The topological polar surface area (TPSA) is 83.5 Å². The first-order valence-electron chi connectivity index (χ1n) is 4.75. The van der Waals surface area contributed by atoms with Gasteiger partial charge in [-0.25, -0.2) is 12.8 Å². The molecule has 0 aromatic heterocycles. The highest BCUT2D eigenvalue weighted by Crippen LogP contribution is 2.14. The van der Waals surface area contributed by atoms with Crippen molar-refractivity contribution < 1.29 is 22.7 Å². The van der Waals surface area contributed by atoms with Gasteiger partial charge >= 0.3 is 5.97 Å². The van der Waals surface area contributed by atoms with Crippen molar-refractivity contribution in [2.45, 2.75) is 24.8 Å². The molecule has 0 spiro atoms. The second-order valence-corrected chi connectivity index (χ2v) is 5.31. The lowest BCUT2D eigenvalue weighted by atomic mass is 10.2. The van der Waals surface area contributed by atoms with E-state index in [0.29, 0.717) is 0 Å². The summed E-state index contributed by atoms with van der Waals surface area (Å²) in [6.45, 7) is 2.63. The molecule has 0 saturated heterocycles. The third kappa shape index (κ3) is 3.24. The van der Waals surface area contributed by atoms with Crippen LogP contribution in [-0.4, -0.2) is 25.5 Å². The van der Waals surface area contributed by atoms with E-state index in [0.717, 1.165) is 18.2 Å². The van der Waals surface area contributed by atoms with Crippen LogP contribution in [0.2, 0.25) is 0 Å². The highest BCUT2D eigenvalue weighted by molar-refractivity contribution is 7.89. The van der Waals surface area contributed by atoms with Crippen LogP contribution in [-0.2, 0) is 14.8 Å². The average Bonchev–Trinajstić information content (AvgIpc) is 2.21. The summed E-state index contributed by atoms with van der Waals surface area (Å²) in [6, 6.07) is 2.01. The molecule has 0 radical (unpaired) electrons. The van der Waals surface area contributed by atoms with Gasteiger partial charge in [0.05, 0.1) is 4.90 Å². The number of carbonyl (C=O) groups is 1. The maximum atomic E-state index is 13.0. The number of aryl methyl sites for hydroxylation is 1. The van der Waals surface area contributed by atoms with Crippen LogP contribution in [0, 0.1) is 12.7 Å². The number of aliphatic carboxylic acids is 1. The molecule has 1 rings (SSSR count). The Morgan fingerprint density at radius 2 is 2.06 bits per heavy atom. The Morgan fingerprint density at radius 1 is 1.47 bits per heavy atom. The number of halogens is 1. The first-order valence-corrected chi connectivity index (χ1v) is 6.23. The van der Waals surface area contributed by atoms with Gasteiger partial charge in [0.1, 0.15) is 11.9 Å². The smallest absolute Gasteiger partial charge is 0.321 e. The summed E-state index contributed by atoms with van der Waals surface area (Å²) in [5.74, 6) is -1.80. The summed E-state index contributed by atoms with van der Waals surface area (Å²) in [5, 5.41) is 8.60. The number of rotatable bonds is 4. The van der Waals surface area contributed by atoms with E-state index in [1.165, 1.54) is 13.8 Å². The Balaban J connectivity index is 3.05. The van der Waals surface area contributed by atoms with E-state index in [-0.39, 0.29) is 10.5 Å². The van der Waals surface area contributed by atoms with Crippen LogP contribution in [0.5, 0.6) is 0 Å². The molecule has 0 unspecified atom stereocenters. The molecule has 0 amide bonds. The minimum absolute atomic E-state index is 0.162. The third-order valence-electron chi connectivity index (χ3n) is 2.14. The van der Waals surface area contributed by atoms with E-state index in [2.05, 4.69) is 0 Å². The Morgan fingerprint density at radius 3 is 2.53 bits per heavy atom. The van der Waals surface area contributed by atoms with E-state index < -0.39 is 27.9 Å². The molecule has 5 nitrogen and oxygen atoms in total. The molecule has 0 saturated carbocycles. The van der Waals surface area contributed by atoms with Crippen molar-refractivity contribution in [1.82, 2.24) is 4.72 Å². The monoisotopic (exact) mass is 261 g/mol. The second kappa shape index (κ2) is 4.80. The van der Waals surface area contributed by atoms with Gasteiger partial charge in [-0.3, -0.25) is 4.79 Å². The van der Waals surface area contributed by atoms with Crippen LogP contribution in [0.1, 0.15) is 12.5 Å². The lowest BCUT2D eigenvalue weighted by Gasteiger charge is -2.10. The van der Waals surface area contributed by atoms with Gasteiger partial charge in [-0.05, 0) is 37.6 Å². The zero-order valence-electron chi connectivity index (χ0n) is 9.27. The van der Waals surface area contributed by atoms with Gasteiger partial charge in [-0.15, -0.1) is 0 Å². The summed E-state index contributed by atoms with van der Waals surface area (Å²) in [5.41, 5.74) is 0.177. The largest absolute Gasteiger partial charge is 0.480 e. The lowest BCUT2D eigenvalue weighted by molar-refractivity contribution is -0.138. The molecule has 0 aliphatic heterocycles. The quantitative estimate of drug-likeness (QED) is 0.843. The van der Waals surface area contributed by atoms with Gasteiger partial charge < -0.3 is 5.11 Å². The lowest BCUT2D eigenvalue weighted by Crippen LogP contribution is -2.38. The average molecular weight is 261 g/mol. The van der Waals surface area contributed by atoms with Crippen molar-refractivity contribution in [2.75, 3.05) is 0 Å². The van der Waals surface area contributed by atoms with Gasteiger partial charge in [0.2, 0.25) is 10.0 Å². The Labute approximate surface area is 98.3 Å². The maximum Gasteiger partial charge on any atom is 0.321 e. The molecule has 1 aromatic rings. The fourth-order valence-electron chi connectivity index (χ4n) is 1.14. The van der Waals surface area contributed by atoms with Gasteiger partial charge in [-0.1, -0.05) is 0 Å². The minimum Gasteiger partial charge on any atom is -0.480 e. The minimum atomic E-state index is -3.94. The normalized spacial score (nSPS) is 13.4. The molecule has 94 valence electrons. The molecule has 0 aliphatic carbocycles. The second-order valence-electron chi connectivity index (χ2n) is 3.59. The zero-order chi connectivity index (χ0) is 13.2. The SMILES string of the molecule is Cc1cc(S(=O)(=O)N[C@H](C)C(=O)O)ccc1F. The summed E-state index contributed by atoms with van der Waals surface area (Å²) >= 11 is 0. The summed E-state index contributed by atoms with van der Waals surface area (Å²) < 4.78 is 38.4. The fraction of sp³-hybridized carbons (Fsp3) is 0.300. The van der Waals surface area contributed by atoms with Crippen molar-refractivity contribution >= 4 is 16.0 Å². The molecular formula is C10H12FNO4S. The van der Waals surface area contributed by atoms with Gasteiger partial charge in [-0.2, -0.15) is 4.72 Å². The molecule has 0 fully saturated rings. The standard InChI is InChI=1S/C10H12FNO4S/c1-6-5-8(3-4-9(6)11)17(15,16)12-7(2)10(13)14/h3-5,7,12H,1-2H3,(H,13,14)/t7-/m1/s1. The van der Waals surface area contributed by atoms with Crippen molar-refractivity contribution in [1.29, 1.82) is 0 Å². The number of hydrogen-bond donors (Lipinski definition) is 2. The molecule has 0 heterocycles. The number of carboxylic acid groups (broad SMARTS) is 1. The van der Waals surface area contributed by atoms with Gasteiger partial charge in [0.25, 0.3) is 0 Å². The Bertz CT molecular complexity index is 541. The van der Waals surface area contributed by atoms with Crippen LogP contribution in [0.4, 0.5) is 4.39 Å². The predicted molar refractivity (Wildman–Crippen MR) is 58.6 cm³/mol. The molecule has 2 N–H and O–H groups in total. The highest BCUT2D eigenvalue weighted by Gasteiger charge is 2.21. The van der Waals surface area contributed by atoms with Crippen molar-refractivity contribution in [3.05, 3.63) is 29.6 Å². The van der Waals surface area contributed by atoms with Crippen LogP contribution >= 0.6 is 0 Å². The van der Waals surface area contributed by atoms with Crippen LogP contribution in [0.15, 0.2) is 23.1 Å². The molecule has 1 atom stereocenters. The summed E-state index contributed by atoms with van der Waals surface area (Å²) in [4.78, 5) is 10.4. The number of carboxylic acids is 1. The molecule has 0 aliphatic rings. The van der Waals surface area contributed by atoms with E-state index in [1.54, 1.807) is 0 Å². The number of nitrogens with one attached hydrogen (secondary N) is 1. The third-order valence-corrected chi connectivity index (χ3v) is 3.68. The van der Waals surface area contributed by atoms with Crippen LogP contribution in [0.25, 0.3) is 0 Å². The molecule has 7 heteroatoms. The van der Waals surface area contributed by atoms with Gasteiger partial charge in [0.15, 0.2) is 0 Å². The molecule has 17 heavy (non-hydrogen) atoms. The molecule has 0 bridgehead atoms. The van der Waals surface area contributed by atoms with E-state index in [4.69, 9.17) is 5.11 Å². The van der Waals surface area contributed by atoms with E-state index >= 15 is 0 Å². The van der Waals surface area contributed by atoms with Crippen molar-refractivity contribution in [2.24, 2.45) is 0 Å². The first kappa shape index (κ1) is 13.6. The zero-order valence-corrected chi connectivity index (χ0v) is 10.1. The molecule has 1 aromatic carbocycles. The summed E-state index contributed by atoms with van der Waals surface area (Å²) in [7, 11) is -3.94. The number of sulfonamides is 1. The Kier molecular flexibility index (Phi) is 3.84. The maximum absolute atomic E-state index is 13.0. The fourth-order valence-corrected chi connectivity index (χ4v) is 2.42. The highest BCUT2D eigenvalue weighted by atomic mass is 32.2. The predicted octanol–water partition coefficient (Wildman–Crippen LogP) is 0.886. The van der Waals surface area contributed by atoms with Crippen molar-refractivity contribution in [3.63, 3.8) is 0 Å². The first-order chi connectivity index (χ1) is 7.74. The number of hydrogen-bond acceptors (Lipinski definition) is 3. The van der Waals surface area contributed by atoms with Gasteiger partial charge in [0, 0.05) is 0 Å².